The first-order valence-corrected chi connectivity index (χ1v) is 8.79. The van der Waals surface area contributed by atoms with E-state index in [0.717, 1.165) is 29.6 Å². The molecule has 4 rings (SSSR count). The Kier molecular flexibility index (Phi) is 4.45. The van der Waals surface area contributed by atoms with Crippen LogP contribution in [0, 0.1) is 0 Å². The van der Waals surface area contributed by atoms with E-state index in [1.807, 2.05) is 24.5 Å². The normalized spacial score (nSPS) is 12.4. The summed E-state index contributed by atoms with van der Waals surface area (Å²) < 4.78 is 12.5. The van der Waals surface area contributed by atoms with Crippen molar-refractivity contribution < 1.29 is 13.7 Å². The molecule has 0 bridgehead atoms. The number of nitrogens with zero attached hydrogens (tertiary/aromatic N) is 4. The Morgan fingerprint density at radius 1 is 1.33 bits per heavy atom. The first kappa shape index (κ1) is 17.0. The number of hydrogen-bond donors (Lipinski definition) is 1. The van der Waals surface area contributed by atoms with E-state index >= 15 is 0 Å². The Labute approximate surface area is 155 Å². The van der Waals surface area contributed by atoms with Crippen LogP contribution in [0.2, 0.25) is 0 Å². The van der Waals surface area contributed by atoms with Gasteiger partial charge in [-0.15, -0.1) is 0 Å². The molecule has 0 spiro atoms. The Hall–Kier alpha value is -3.42. The van der Waals surface area contributed by atoms with Crippen LogP contribution in [0.4, 0.5) is 0 Å². The number of aryl methyl sites for hydroxylation is 1. The van der Waals surface area contributed by atoms with Crippen LogP contribution in [0.25, 0.3) is 22.4 Å². The van der Waals surface area contributed by atoms with Gasteiger partial charge >= 0.3 is 0 Å². The second kappa shape index (κ2) is 7.06. The van der Waals surface area contributed by atoms with Gasteiger partial charge in [-0.05, 0) is 43.7 Å². The van der Waals surface area contributed by atoms with Crippen LogP contribution in [0.1, 0.15) is 42.8 Å². The third-order valence-corrected chi connectivity index (χ3v) is 4.25. The molecule has 3 heterocycles. The number of carbonyl (C=O) groups is 1. The quantitative estimate of drug-likeness (QED) is 0.561. The highest BCUT2D eigenvalue weighted by molar-refractivity contribution is 5.91. The van der Waals surface area contributed by atoms with E-state index in [0.29, 0.717) is 11.7 Å². The Balaban J connectivity index is 1.53. The molecule has 0 fully saturated rings. The second-order valence-corrected chi connectivity index (χ2v) is 6.27. The van der Waals surface area contributed by atoms with Gasteiger partial charge in [-0.25, -0.2) is 4.98 Å². The van der Waals surface area contributed by atoms with Gasteiger partial charge in [0.1, 0.15) is 6.04 Å². The number of hydrogen-bond acceptors (Lipinski definition) is 6. The molecule has 8 heteroatoms. The summed E-state index contributed by atoms with van der Waals surface area (Å²) in [6, 6.07) is 8.68. The third-order valence-electron chi connectivity index (χ3n) is 4.25. The van der Waals surface area contributed by atoms with Gasteiger partial charge in [0.2, 0.25) is 11.7 Å². The van der Waals surface area contributed by atoms with Crippen LogP contribution in [0.3, 0.4) is 0 Å². The molecule has 8 nitrogen and oxygen atoms in total. The van der Waals surface area contributed by atoms with E-state index in [-0.39, 0.29) is 11.7 Å². The fourth-order valence-corrected chi connectivity index (χ4v) is 2.89. The van der Waals surface area contributed by atoms with Crippen molar-refractivity contribution in [3.05, 3.63) is 54.6 Å². The van der Waals surface area contributed by atoms with Gasteiger partial charge in [-0.2, -0.15) is 4.98 Å². The number of rotatable bonds is 6. The topological polar surface area (TPSA) is 99.0 Å². The van der Waals surface area contributed by atoms with Gasteiger partial charge in [-0.3, -0.25) is 4.79 Å². The zero-order valence-electron chi connectivity index (χ0n) is 15.0. The fraction of sp³-hybridized carbons (Fsp3) is 0.263. The lowest BCUT2D eigenvalue weighted by atomic mass is 10.2. The molecule has 3 aromatic heterocycles. The Morgan fingerprint density at radius 3 is 3.00 bits per heavy atom. The number of amides is 1. The van der Waals surface area contributed by atoms with Crippen molar-refractivity contribution in [3.63, 3.8) is 0 Å². The highest BCUT2D eigenvalue weighted by Gasteiger charge is 2.19. The zero-order chi connectivity index (χ0) is 18.8. The van der Waals surface area contributed by atoms with Gasteiger partial charge in [-0.1, -0.05) is 12.1 Å². The molecule has 1 atom stereocenters. The molecule has 0 aliphatic carbocycles. The van der Waals surface area contributed by atoms with E-state index in [1.54, 1.807) is 19.1 Å². The minimum absolute atomic E-state index is 0.231. The van der Waals surface area contributed by atoms with Gasteiger partial charge in [0.25, 0.3) is 5.91 Å². The molecule has 138 valence electrons. The summed E-state index contributed by atoms with van der Waals surface area (Å²) >= 11 is 0. The minimum atomic E-state index is -0.448. The number of furan rings is 1. The van der Waals surface area contributed by atoms with Crippen molar-refractivity contribution in [2.75, 3.05) is 0 Å². The highest BCUT2D eigenvalue weighted by atomic mass is 16.5. The summed E-state index contributed by atoms with van der Waals surface area (Å²) in [5, 5.41) is 6.80. The smallest absolute Gasteiger partial charge is 0.287 e. The number of nitrogens with one attached hydrogen (secondary N) is 1. The third kappa shape index (κ3) is 3.33. The van der Waals surface area contributed by atoms with E-state index in [2.05, 4.69) is 31.9 Å². The van der Waals surface area contributed by atoms with E-state index in [9.17, 15) is 4.79 Å². The molecule has 0 aliphatic heterocycles. The van der Waals surface area contributed by atoms with Crippen LogP contribution >= 0.6 is 0 Å². The van der Waals surface area contributed by atoms with Crippen molar-refractivity contribution in [1.82, 2.24) is 25.0 Å². The minimum Gasteiger partial charge on any atom is -0.459 e. The lowest BCUT2D eigenvalue weighted by Gasteiger charge is -2.07. The molecule has 0 saturated carbocycles. The Bertz CT molecular complexity index is 1060. The summed E-state index contributed by atoms with van der Waals surface area (Å²) in [5.41, 5.74) is 2.76. The molecule has 4 aromatic rings. The van der Waals surface area contributed by atoms with E-state index in [4.69, 9.17) is 8.94 Å². The van der Waals surface area contributed by atoms with E-state index in [1.165, 1.54) is 6.26 Å². The fourth-order valence-electron chi connectivity index (χ4n) is 2.89. The van der Waals surface area contributed by atoms with Gasteiger partial charge < -0.3 is 18.8 Å². The number of carbonyl (C=O) groups excluding carboxylic acids is 1. The molecule has 0 saturated heterocycles. The van der Waals surface area contributed by atoms with Crippen molar-refractivity contribution in [2.45, 2.75) is 32.9 Å². The maximum Gasteiger partial charge on any atom is 0.287 e. The zero-order valence-corrected chi connectivity index (χ0v) is 15.0. The van der Waals surface area contributed by atoms with E-state index < -0.39 is 6.04 Å². The van der Waals surface area contributed by atoms with Crippen LogP contribution < -0.4 is 5.32 Å². The first-order chi connectivity index (χ1) is 13.2. The van der Waals surface area contributed by atoms with Crippen LogP contribution in [0.5, 0.6) is 0 Å². The molecule has 0 unspecified atom stereocenters. The maximum absolute atomic E-state index is 12.1. The number of imidazole rings is 1. The number of aromatic nitrogens is 4. The van der Waals surface area contributed by atoms with Crippen LogP contribution in [0.15, 0.2) is 51.9 Å². The summed E-state index contributed by atoms with van der Waals surface area (Å²) in [7, 11) is 0. The summed E-state index contributed by atoms with van der Waals surface area (Å²) in [6.07, 6.45) is 4.33. The maximum atomic E-state index is 12.1. The van der Waals surface area contributed by atoms with Gasteiger partial charge in [0.05, 0.1) is 23.6 Å². The molecular weight excluding hydrogens is 346 g/mol. The predicted octanol–water partition coefficient (Wildman–Crippen LogP) is 3.58. The summed E-state index contributed by atoms with van der Waals surface area (Å²) in [4.78, 5) is 20.9. The van der Waals surface area contributed by atoms with Crippen molar-refractivity contribution in [2.24, 2.45) is 0 Å². The van der Waals surface area contributed by atoms with Gasteiger partial charge in [0.15, 0.2) is 5.76 Å². The monoisotopic (exact) mass is 365 g/mol. The molecule has 1 amide bonds. The van der Waals surface area contributed by atoms with Crippen molar-refractivity contribution in [1.29, 1.82) is 0 Å². The average Bonchev–Trinajstić information content (AvgIpc) is 3.42. The van der Waals surface area contributed by atoms with Crippen molar-refractivity contribution in [3.8, 4) is 11.4 Å². The molecule has 0 aliphatic rings. The highest BCUT2D eigenvalue weighted by Crippen LogP contribution is 2.23. The molecule has 1 aromatic carbocycles. The largest absolute Gasteiger partial charge is 0.459 e. The molecule has 1 N–H and O–H groups in total. The number of fused-ring (bicyclic) bond motifs is 1. The molecule has 27 heavy (non-hydrogen) atoms. The lowest BCUT2D eigenvalue weighted by molar-refractivity contribution is 0.0904. The number of benzene rings is 1. The Morgan fingerprint density at radius 2 is 2.22 bits per heavy atom. The lowest BCUT2D eigenvalue weighted by Crippen LogP contribution is -2.26. The van der Waals surface area contributed by atoms with Crippen LogP contribution in [-0.2, 0) is 6.54 Å². The SMILES string of the molecule is CCCn1cnc2cc(-c3noc([C@@H](C)NC(=O)c4ccco4)n3)ccc21. The first-order valence-electron chi connectivity index (χ1n) is 8.79. The van der Waals surface area contributed by atoms with Crippen LogP contribution in [-0.4, -0.2) is 25.6 Å². The summed E-state index contributed by atoms with van der Waals surface area (Å²) in [5.74, 6) is 0.669. The molecular formula is C19H19N5O3. The summed E-state index contributed by atoms with van der Waals surface area (Å²) in [6.45, 7) is 4.83. The predicted molar refractivity (Wildman–Crippen MR) is 97.9 cm³/mol. The average molecular weight is 365 g/mol. The molecule has 0 radical (unpaired) electrons. The standard InChI is InChI=1S/C19H19N5O3/c1-3-8-24-11-20-14-10-13(6-7-15(14)24)17-22-19(27-23-17)12(2)21-18(25)16-5-4-9-26-16/h4-7,9-12H,3,8H2,1-2H3,(H,21,25)/t12-/m1/s1. The second-order valence-electron chi connectivity index (χ2n) is 6.27. The van der Waals surface area contributed by atoms with Crippen molar-refractivity contribution >= 4 is 16.9 Å². The van der Waals surface area contributed by atoms with Gasteiger partial charge in [0, 0.05) is 12.1 Å².